The topological polar surface area (TPSA) is 63.3 Å². The average molecular weight is 247 g/mol. The Morgan fingerprint density at radius 3 is 2.47 bits per heavy atom. The number of carboxylic acids is 1. The number of carboxylic acid groups (broad SMARTS) is 1. The summed E-state index contributed by atoms with van der Waals surface area (Å²) < 4.78 is 37.8. The van der Waals surface area contributed by atoms with Crippen molar-refractivity contribution in [3.63, 3.8) is 0 Å². The van der Waals surface area contributed by atoms with Crippen molar-refractivity contribution in [2.75, 3.05) is 0 Å². The third kappa shape index (κ3) is 3.74. The van der Waals surface area contributed by atoms with Crippen LogP contribution >= 0.6 is 0 Å². The Hall–Kier alpha value is -1.56. The summed E-state index contributed by atoms with van der Waals surface area (Å²) in [6.07, 6.45) is -4.46. The molecule has 94 valence electrons. The number of hydrogen-bond donors (Lipinski definition) is 2. The van der Waals surface area contributed by atoms with Crippen molar-refractivity contribution in [2.24, 2.45) is 5.73 Å². The fraction of sp³-hybridized carbons (Fsp3) is 0.364. The lowest BCUT2D eigenvalue weighted by Gasteiger charge is -2.13. The van der Waals surface area contributed by atoms with Gasteiger partial charge in [-0.1, -0.05) is 18.2 Å². The molecule has 1 atom stereocenters. The van der Waals surface area contributed by atoms with Crippen molar-refractivity contribution >= 4 is 5.97 Å². The van der Waals surface area contributed by atoms with Gasteiger partial charge in [-0.05, 0) is 24.5 Å². The fourth-order valence-electron chi connectivity index (χ4n) is 1.45. The Morgan fingerprint density at radius 2 is 1.94 bits per heavy atom. The monoisotopic (exact) mass is 247 g/mol. The van der Waals surface area contributed by atoms with Crippen molar-refractivity contribution in [2.45, 2.75) is 25.1 Å². The van der Waals surface area contributed by atoms with Gasteiger partial charge in [0.05, 0.1) is 5.56 Å². The van der Waals surface area contributed by atoms with E-state index in [0.717, 1.165) is 6.07 Å². The van der Waals surface area contributed by atoms with Crippen LogP contribution in [0.1, 0.15) is 17.5 Å². The average Bonchev–Trinajstić information content (AvgIpc) is 2.24. The van der Waals surface area contributed by atoms with Crippen molar-refractivity contribution in [3.05, 3.63) is 35.4 Å². The van der Waals surface area contributed by atoms with Crippen molar-refractivity contribution in [1.82, 2.24) is 0 Å². The first-order chi connectivity index (χ1) is 7.82. The summed E-state index contributed by atoms with van der Waals surface area (Å²) in [5.74, 6) is -1.21. The number of aryl methyl sites for hydroxylation is 1. The van der Waals surface area contributed by atoms with Gasteiger partial charge < -0.3 is 10.8 Å². The van der Waals surface area contributed by atoms with E-state index in [9.17, 15) is 18.0 Å². The highest BCUT2D eigenvalue weighted by Gasteiger charge is 2.32. The first-order valence-electron chi connectivity index (χ1n) is 4.96. The van der Waals surface area contributed by atoms with Crippen molar-refractivity contribution < 1.29 is 23.1 Å². The van der Waals surface area contributed by atoms with Gasteiger partial charge in [0.2, 0.25) is 0 Å². The van der Waals surface area contributed by atoms with Crippen LogP contribution in [-0.4, -0.2) is 17.1 Å². The number of carbonyl (C=O) groups is 1. The summed E-state index contributed by atoms with van der Waals surface area (Å²) >= 11 is 0. The Kier molecular flexibility index (Phi) is 4.11. The van der Waals surface area contributed by atoms with Gasteiger partial charge in [-0.15, -0.1) is 0 Å². The molecule has 0 bridgehead atoms. The van der Waals surface area contributed by atoms with Crippen molar-refractivity contribution in [1.29, 1.82) is 0 Å². The number of benzene rings is 1. The SMILES string of the molecule is NC(CCc1ccccc1C(F)(F)F)C(=O)O. The van der Waals surface area contributed by atoms with Gasteiger partial charge in [0.25, 0.3) is 0 Å². The molecule has 0 radical (unpaired) electrons. The second-order valence-electron chi connectivity index (χ2n) is 3.64. The lowest BCUT2D eigenvalue weighted by molar-refractivity contribution is -0.138. The van der Waals surface area contributed by atoms with Crippen LogP contribution in [0.5, 0.6) is 0 Å². The van der Waals surface area contributed by atoms with Crippen LogP contribution in [0.15, 0.2) is 24.3 Å². The standard InChI is InChI=1S/C11H12F3NO2/c12-11(13,14)8-4-2-1-3-7(8)5-6-9(15)10(16)17/h1-4,9H,5-6,15H2,(H,16,17). The highest BCUT2D eigenvalue weighted by Crippen LogP contribution is 2.32. The highest BCUT2D eigenvalue weighted by atomic mass is 19.4. The molecular formula is C11H12F3NO2. The molecule has 1 aromatic rings. The van der Waals surface area contributed by atoms with Crippen LogP contribution in [-0.2, 0) is 17.4 Å². The Balaban J connectivity index is 2.81. The Morgan fingerprint density at radius 1 is 1.35 bits per heavy atom. The van der Waals surface area contributed by atoms with E-state index in [4.69, 9.17) is 10.8 Å². The van der Waals surface area contributed by atoms with E-state index in [-0.39, 0.29) is 18.4 Å². The van der Waals surface area contributed by atoms with E-state index in [1.807, 2.05) is 0 Å². The molecule has 3 N–H and O–H groups in total. The molecule has 0 aliphatic heterocycles. The predicted octanol–water partition coefficient (Wildman–Crippen LogP) is 2.05. The molecule has 0 aliphatic rings. The molecule has 0 spiro atoms. The van der Waals surface area contributed by atoms with Gasteiger partial charge in [0.15, 0.2) is 0 Å². The molecule has 3 nitrogen and oxygen atoms in total. The zero-order chi connectivity index (χ0) is 13.1. The summed E-state index contributed by atoms with van der Waals surface area (Å²) in [5, 5.41) is 8.54. The second-order valence-corrected chi connectivity index (χ2v) is 3.64. The summed E-state index contributed by atoms with van der Waals surface area (Å²) in [6, 6.07) is 3.94. The summed E-state index contributed by atoms with van der Waals surface area (Å²) in [4.78, 5) is 10.5. The summed E-state index contributed by atoms with van der Waals surface area (Å²) in [6.45, 7) is 0. The zero-order valence-electron chi connectivity index (χ0n) is 8.87. The molecule has 0 aliphatic carbocycles. The van der Waals surface area contributed by atoms with Gasteiger partial charge >= 0.3 is 12.1 Å². The van der Waals surface area contributed by atoms with Gasteiger partial charge in [0.1, 0.15) is 6.04 Å². The molecule has 1 aromatic carbocycles. The molecule has 1 rings (SSSR count). The maximum absolute atomic E-state index is 12.6. The fourth-order valence-corrected chi connectivity index (χ4v) is 1.45. The smallest absolute Gasteiger partial charge is 0.416 e. The maximum atomic E-state index is 12.6. The van der Waals surface area contributed by atoms with Crippen LogP contribution in [0.3, 0.4) is 0 Å². The van der Waals surface area contributed by atoms with Gasteiger partial charge in [-0.3, -0.25) is 4.79 Å². The van der Waals surface area contributed by atoms with E-state index in [0.29, 0.717) is 0 Å². The van der Waals surface area contributed by atoms with Crippen molar-refractivity contribution in [3.8, 4) is 0 Å². The second kappa shape index (κ2) is 5.18. The number of hydrogen-bond acceptors (Lipinski definition) is 2. The minimum atomic E-state index is -4.43. The maximum Gasteiger partial charge on any atom is 0.416 e. The number of nitrogens with two attached hydrogens (primary N) is 1. The zero-order valence-corrected chi connectivity index (χ0v) is 8.87. The van der Waals surface area contributed by atoms with Gasteiger partial charge in [-0.2, -0.15) is 13.2 Å². The summed E-state index contributed by atoms with van der Waals surface area (Å²) in [7, 11) is 0. The molecule has 6 heteroatoms. The predicted molar refractivity (Wildman–Crippen MR) is 55.4 cm³/mol. The molecule has 0 amide bonds. The molecule has 0 aromatic heterocycles. The largest absolute Gasteiger partial charge is 0.480 e. The number of halogens is 3. The van der Waals surface area contributed by atoms with Crippen LogP contribution in [0.4, 0.5) is 13.2 Å². The Labute approximate surface area is 96.0 Å². The van der Waals surface area contributed by atoms with Crippen LogP contribution < -0.4 is 5.73 Å². The molecule has 0 heterocycles. The third-order valence-electron chi connectivity index (χ3n) is 2.36. The summed E-state index contributed by atoms with van der Waals surface area (Å²) in [5.41, 5.74) is 4.57. The molecular weight excluding hydrogens is 235 g/mol. The van der Waals surface area contributed by atoms with Crippen LogP contribution in [0, 0.1) is 0 Å². The number of rotatable bonds is 4. The van der Waals surface area contributed by atoms with Crippen LogP contribution in [0.2, 0.25) is 0 Å². The molecule has 0 saturated carbocycles. The number of alkyl halides is 3. The first-order valence-corrected chi connectivity index (χ1v) is 4.96. The minimum Gasteiger partial charge on any atom is -0.480 e. The molecule has 1 unspecified atom stereocenters. The lowest BCUT2D eigenvalue weighted by atomic mass is 10.00. The normalized spacial score (nSPS) is 13.4. The van der Waals surface area contributed by atoms with E-state index >= 15 is 0 Å². The van der Waals surface area contributed by atoms with E-state index < -0.39 is 23.8 Å². The number of aliphatic carboxylic acids is 1. The van der Waals surface area contributed by atoms with E-state index in [2.05, 4.69) is 0 Å². The first kappa shape index (κ1) is 13.5. The van der Waals surface area contributed by atoms with Gasteiger partial charge in [0, 0.05) is 0 Å². The molecule has 17 heavy (non-hydrogen) atoms. The third-order valence-corrected chi connectivity index (χ3v) is 2.36. The lowest BCUT2D eigenvalue weighted by Crippen LogP contribution is -2.30. The molecule has 0 saturated heterocycles. The van der Waals surface area contributed by atoms with Crippen LogP contribution in [0.25, 0.3) is 0 Å². The molecule has 0 fully saturated rings. The Bertz CT molecular complexity index is 404. The quantitative estimate of drug-likeness (QED) is 0.855. The van der Waals surface area contributed by atoms with Gasteiger partial charge in [-0.25, -0.2) is 0 Å². The van der Waals surface area contributed by atoms with E-state index in [1.54, 1.807) is 0 Å². The minimum absolute atomic E-state index is 0.0108. The van der Waals surface area contributed by atoms with E-state index in [1.165, 1.54) is 18.2 Å². The highest BCUT2D eigenvalue weighted by molar-refractivity contribution is 5.73.